The molecule has 1 atom stereocenters. The zero-order valence-electron chi connectivity index (χ0n) is 17.0. The fourth-order valence-corrected chi connectivity index (χ4v) is 3.66. The van der Waals surface area contributed by atoms with Gasteiger partial charge in [0.15, 0.2) is 5.58 Å². The molecule has 0 saturated heterocycles. The summed E-state index contributed by atoms with van der Waals surface area (Å²) in [4.78, 5) is 15.7. The largest absolute Gasteiger partial charge is 0.478 e. The summed E-state index contributed by atoms with van der Waals surface area (Å²) in [7, 11) is 0. The standard InChI is InChI=1S/C24H19N3O5/c1-12-2-5-15(9-16(12)23(29)30)31-24-27-20-10-17(18(25)11-21(20)32-24)13-3-6-19-14(8-13)4-7-22(28)26-19/h2-11,22,26,28H,25H2,1H3,(H,29,30). The third kappa shape index (κ3) is 3.52. The molecular weight excluding hydrogens is 410 g/mol. The Morgan fingerprint density at radius 3 is 2.84 bits per heavy atom. The number of carboxylic acids is 1. The molecule has 1 aliphatic rings. The lowest BCUT2D eigenvalue weighted by Gasteiger charge is -2.19. The lowest BCUT2D eigenvalue weighted by atomic mass is 9.98. The predicted octanol–water partition coefficient (Wildman–Crippen LogP) is 4.63. The first-order valence-electron chi connectivity index (χ1n) is 9.86. The molecule has 0 saturated carbocycles. The molecule has 0 aliphatic carbocycles. The summed E-state index contributed by atoms with van der Waals surface area (Å²) in [6.07, 6.45) is 2.80. The molecule has 32 heavy (non-hydrogen) atoms. The van der Waals surface area contributed by atoms with E-state index in [4.69, 9.17) is 14.9 Å². The summed E-state index contributed by atoms with van der Waals surface area (Å²) in [5.74, 6) is -0.726. The van der Waals surface area contributed by atoms with Gasteiger partial charge in [0, 0.05) is 23.0 Å². The Morgan fingerprint density at radius 2 is 2.03 bits per heavy atom. The highest BCUT2D eigenvalue weighted by atomic mass is 16.6. The first kappa shape index (κ1) is 19.7. The Bertz CT molecular complexity index is 1410. The van der Waals surface area contributed by atoms with E-state index in [9.17, 15) is 15.0 Å². The second-order valence-electron chi connectivity index (χ2n) is 7.52. The lowest BCUT2D eigenvalue weighted by Crippen LogP contribution is -2.18. The highest BCUT2D eigenvalue weighted by Gasteiger charge is 2.16. The van der Waals surface area contributed by atoms with Gasteiger partial charge in [0.05, 0.1) is 5.56 Å². The van der Waals surface area contributed by atoms with Crippen molar-refractivity contribution in [3.8, 4) is 23.0 Å². The molecule has 8 nitrogen and oxygen atoms in total. The van der Waals surface area contributed by atoms with E-state index in [2.05, 4.69) is 10.3 Å². The van der Waals surface area contributed by atoms with Crippen LogP contribution in [0.15, 0.2) is 59.0 Å². The summed E-state index contributed by atoms with van der Waals surface area (Å²) < 4.78 is 11.3. The van der Waals surface area contributed by atoms with Crippen molar-refractivity contribution in [2.24, 2.45) is 0 Å². The second kappa shape index (κ2) is 7.44. The molecule has 3 aromatic carbocycles. The lowest BCUT2D eigenvalue weighted by molar-refractivity contribution is 0.0695. The number of carbonyl (C=O) groups is 1. The van der Waals surface area contributed by atoms with Gasteiger partial charge in [-0.15, -0.1) is 0 Å². The van der Waals surface area contributed by atoms with Crippen LogP contribution >= 0.6 is 0 Å². The zero-order chi connectivity index (χ0) is 22.4. The molecule has 0 radical (unpaired) electrons. The maximum atomic E-state index is 11.4. The molecule has 5 rings (SSSR count). The number of aromatic nitrogens is 1. The Hall–Kier alpha value is -4.30. The van der Waals surface area contributed by atoms with E-state index in [1.807, 2.05) is 30.3 Å². The number of rotatable bonds is 4. The van der Waals surface area contributed by atoms with Gasteiger partial charge in [-0.3, -0.25) is 0 Å². The first-order chi connectivity index (χ1) is 15.4. The summed E-state index contributed by atoms with van der Waals surface area (Å²) in [5, 5.41) is 22.0. The molecule has 4 aromatic rings. The van der Waals surface area contributed by atoms with Gasteiger partial charge in [-0.1, -0.05) is 18.2 Å². The summed E-state index contributed by atoms with van der Waals surface area (Å²) in [5.41, 5.74) is 12.0. The van der Waals surface area contributed by atoms with Crippen LogP contribution in [0, 0.1) is 6.92 Å². The average Bonchev–Trinajstić information content (AvgIpc) is 3.15. The molecule has 1 aliphatic heterocycles. The molecule has 0 fully saturated rings. The Kier molecular flexibility index (Phi) is 4.57. The SMILES string of the molecule is Cc1ccc(Oc2nc3cc(-c4ccc5c(c4)C=CC(O)N5)c(N)cc3o2)cc1C(=O)O. The highest BCUT2D eigenvalue weighted by Crippen LogP contribution is 2.36. The van der Waals surface area contributed by atoms with Crippen LogP contribution in [0.1, 0.15) is 21.5 Å². The fraction of sp³-hybridized carbons (Fsp3) is 0.0833. The van der Waals surface area contributed by atoms with Crippen molar-refractivity contribution in [3.05, 3.63) is 71.3 Å². The third-order valence-corrected chi connectivity index (χ3v) is 5.31. The van der Waals surface area contributed by atoms with Crippen molar-refractivity contribution in [2.45, 2.75) is 13.2 Å². The number of nitrogens with one attached hydrogen (secondary N) is 1. The van der Waals surface area contributed by atoms with Crippen LogP contribution in [0.4, 0.5) is 11.4 Å². The third-order valence-electron chi connectivity index (χ3n) is 5.31. The van der Waals surface area contributed by atoms with Crippen LogP contribution in [-0.4, -0.2) is 27.4 Å². The smallest absolute Gasteiger partial charge is 0.400 e. The van der Waals surface area contributed by atoms with Gasteiger partial charge >= 0.3 is 12.0 Å². The predicted molar refractivity (Wildman–Crippen MR) is 121 cm³/mol. The zero-order valence-corrected chi connectivity index (χ0v) is 17.0. The molecule has 160 valence electrons. The number of hydrogen-bond acceptors (Lipinski definition) is 7. The van der Waals surface area contributed by atoms with Gasteiger partial charge in [-0.05, 0) is 60.0 Å². The molecule has 0 spiro atoms. The minimum absolute atomic E-state index is 0.0108. The van der Waals surface area contributed by atoms with Crippen molar-refractivity contribution in [1.29, 1.82) is 0 Å². The van der Waals surface area contributed by atoms with Crippen molar-refractivity contribution in [3.63, 3.8) is 0 Å². The molecule has 0 amide bonds. The van der Waals surface area contributed by atoms with Crippen molar-refractivity contribution in [1.82, 2.24) is 4.98 Å². The van der Waals surface area contributed by atoms with Gasteiger partial charge in [-0.25, -0.2) is 4.79 Å². The number of oxazole rings is 1. The van der Waals surface area contributed by atoms with Crippen LogP contribution in [0.5, 0.6) is 11.8 Å². The van der Waals surface area contributed by atoms with E-state index in [0.717, 1.165) is 22.4 Å². The van der Waals surface area contributed by atoms with Crippen molar-refractivity contribution >= 4 is 34.5 Å². The first-order valence-corrected chi connectivity index (χ1v) is 9.86. The molecule has 2 heterocycles. The minimum atomic E-state index is -1.03. The van der Waals surface area contributed by atoms with E-state index in [0.29, 0.717) is 28.1 Å². The van der Waals surface area contributed by atoms with Gasteiger partial charge in [0.1, 0.15) is 17.5 Å². The van der Waals surface area contributed by atoms with E-state index >= 15 is 0 Å². The molecule has 8 heteroatoms. The van der Waals surface area contributed by atoms with E-state index in [-0.39, 0.29) is 11.6 Å². The average molecular weight is 429 g/mol. The summed E-state index contributed by atoms with van der Waals surface area (Å²) in [6, 6.07) is 14.0. The number of nitrogen functional groups attached to an aromatic ring is 1. The number of benzene rings is 3. The van der Waals surface area contributed by atoms with Gasteiger partial charge in [0.2, 0.25) is 0 Å². The molecule has 1 unspecified atom stereocenters. The number of aryl methyl sites for hydroxylation is 1. The minimum Gasteiger partial charge on any atom is -0.478 e. The van der Waals surface area contributed by atoms with Crippen LogP contribution in [0.3, 0.4) is 0 Å². The van der Waals surface area contributed by atoms with Gasteiger partial charge in [-0.2, -0.15) is 4.98 Å². The van der Waals surface area contributed by atoms with Crippen LogP contribution < -0.4 is 15.8 Å². The monoisotopic (exact) mass is 429 g/mol. The van der Waals surface area contributed by atoms with Gasteiger partial charge < -0.3 is 30.4 Å². The summed E-state index contributed by atoms with van der Waals surface area (Å²) in [6.45, 7) is 1.71. The number of fused-ring (bicyclic) bond motifs is 2. The molecule has 5 N–H and O–H groups in total. The molecule has 0 bridgehead atoms. The van der Waals surface area contributed by atoms with Crippen molar-refractivity contribution in [2.75, 3.05) is 11.1 Å². The van der Waals surface area contributed by atoms with Gasteiger partial charge in [0.25, 0.3) is 0 Å². The number of aliphatic hydroxyl groups is 1. The number of aromatic carboxylic acids is 1. The maximum absolute atomic E-state index is 11.4. The summed E-state index contributed by atoms with van der Waals surface area (Å²) >= 11 is 0. The number of carboxylic acid groups (broad SMARTS) is 1. The quantitative estimate of drug-likeness (QED) is 0.345. The second-order valence-corrected chi connectivity index (χ2v) is 7.52. The number of nitrogens with zero attached hydrogens (tertiary/aromatic N) is 1. The topological polar surface area (TPSA) is 131 Å². The normalized spacial score (nSPS) is 14.8. The molecule has 1 aromatic heterocycles. The number of nitrogens with two attached hydrogens (primary N) is 1. The van der Waals surface area contributed by atoms with E-state index < -0.39 is 12.2 Å². The fourth-order valence-electron chi connectivity index (χ4n) is 3.66. The number of anilines is 2. The number of hydrogen-bond donors (Lipinski definition) is 4. The Labute approximate surface area is 182 Å². The van der Waals surface area contributed by atoms with Crippen LogP contribution in [0.25, 0.3) is 28.3 Å². The number of aliphatic hydroxyl groups excluding tert-OH is 1. The maximum Gasteiger partial charge on any atom is 0.400 e. The van der Waals surface area contributed by atoms with Crippen molar-refractivity contribution < 1.29 is 24.2 Å². The highest BCUT2D eigenvalue weighted by molar-refractivity contribution is 5.91. The van der Waals surface area contributed by atoms with E-state index in [1.165, 1.54) is 6.07 Å². The van der Waals surface area contributed by atoms with Crippen LogP contribution in [-0.2, 0) is 0 Å². The number of ether oxygens (including phenoxy) is 1. The van der Waals surface area contributed by atoms with E-state index in [1.54, 1.807) is 31.2 Å². The molecular formula is C24H19N3O5. The Balaban J connectivity index is 1.49. The van der Waals surface area contributed by atoms with Crippen LogP contribution in [0.2, 0.25) is 0 Å². The Morgan fingerprint density at radius 1 is 1.19 bits per heavy atom.